The molecule has 1 aliphatic rings. The number of piperazine rings is 1. The summed E-state index contributed by atoms with van der Waals surface area (Å²) >= 11 is 1.70. The summed E-state index contributed by atoms with van der Waals surface area (Å²) in [6.45, 7) is 4.85. The molecule has 4 rings (SSSR count). The van der Waals surface area contributed by atoms with Gasteiger partial charge < -0.3 is 9.80 Å². The summed E-state index contributed by atoms with van der Waals surface area (Å²) in [7, 11) is 0. The Labute approximate surface area is 178 Å². The number of para-hydroxylation sites is 1. The standard InChI is InChI=1S/C22H22N4O3S/c1-2-17-6-4-8-19-21(17)23-22(30-19)25-13-11-24(12-14-25)20(27)10-9-16-5-3-7-18(15-16)26(28)29/h3-10,15H,2,11-14H2,1H3/b10-9+. The number of nitro benzene ring substituents is 1. The van der Waals surface area contributed by atoms with Crippen molar-refractivity contribution in [3.8, 4) is 0 Å². The van der Waals surface area contributed by atoms with Crippen LogP contribution in [0.1, 0.15) is 18.1 Å². The Bertz CT molecular complexity index is 1120. The van der Waals surface area contributed by atoms with Crippen LogP contribution in [0.25, 0.3) is 16.3 Å². The van der Waals surface area contributed by atoms with Crippen molar-refractivity contribution in [1.29, 1.82) is 0 Å². The van der Waals surface area contributed by atoms with E-state index in [1.165, 1.54) is 28.5 Å². The van der Waals surface area contributed by atoms with Crippen LogP contribution < -0.4 is 4.90 Å². The third kappa shape index (κ3) is 4.18. The number of fused-ring (bicyclic) bond motifs is 1. The zero-order valence-corrected chi connectivity index (χ0v) is 17.5. The summed E-state index contributed by atoms with van der Waals surface area (Å²) in [5, 5.41) is 11.9. The first-order valence-corrected chi connectivity index (χ1v) is 10.7. The second-order valence-corrected chi connectivity index (χ2v) is 8.12. The molecule has 0 aliphatic carbocycles. The molecule has 1 fully saturated rings. The minimum Gasteiger partial charge on any atom is -0.345 e. The normalized spacial score (nSPS) is 14.6. The van der Waals surface area contributed by atoms with E-state index in [9.17, 15) is 14.9 Å². The molecule has 8 heteroatoms. The molecular formula is C22H22N4O3S. The number of hydrogen-bond donors (Lipinski definition) is 0. The lowest BCUT2D eigenvalue weighted by Gasteiger charge is -2.34. The van der Waals surface area contributed by atoms with E-state index in [0.717, 1.165) is 30.2 Å². The summed E-state index contributed by atoms with van der Waals surface area (Å²) in [4.78, 5) is 31.9. The third-order valence-electron chi connectivity index (χ3n) is 5.23. The lowest BCUT2D eigenvalue weighted by molar-refractivity contribution is -0.384. The van der Waals surface area contributed by atoms with Gasteiger partial charge >= 0.3 is 0 Å². The molecule has 1 saturated heterocycles. The quantitative estimate of drug-likeness (QED) is 0.351. The number of amides is 1. The van der Waals surface area contributed by atoms with Gasteiger partial charge in [-0.1, -0.05) is 42.5 Å². The van der Waals surface area contributed by atoms with Gasteiger partial charge in [-0.15, -0.1) is 0 Å². The Hall–Kier alpha value is -3.26. The van der Waals surface area contributed by atoms with Gasteiger partial charge in [0.2, 0.25) is 5.91 Å². The average Bonchev–Trinajstić information content (AvgIpc) is 3.22. The monoisotopic (exact) mass is 422 g/mol. The number of nitro groups is 1. The molecule has 0 atom stereocenters. The second-order valence-electron chi connectivity index (χ2n) is 7.11. The van der Waals surface area contributed by atoms with Crippen LogP contribution in [0.2, 0.25) is 0 Å². The average molecular weight is 423 g/mol. The van der Waals surface area contributed by atoms with Gasteiger partial charge in [0.1, 0.15) is 0 Å². The molecule has 0 N–H and O–H groups in total. The largest absolute Gasteiger partial charge is 0.345 e. The predicted octanol–water partition coefficient (Wildman–Crippen LogP) is 4.13. The maximum absolute atomic E-state index is 12.5. The van der Waals surface area contributed by atoms with E-state index in [1.807, 2.05) is 0 Å². The molecule has 3 aromatic rings. The number of non-ortho nitro benzene ring substituents is 1. The van der Waals surface area contributed by atoms with Crippen molar-refractivity contribution < 1.29 is 9.72 Å². The van der Waals surface area contributed by atoms with Crippen molar-refractivity contribution >= 4 is 44.4 Å². The molecule has 1 aliphatic heterocycles. The fraction of sp³-hybridized carbons (Fsp3) is 0.273. The molecule has 1 aromatic heterocycles. The molecule has 0 bridgehead atoms. The Balaban J connectivity index is 1.39. The fourth-order valence-corrected chi connectivity index (χ4v) is 4.61. The van der Waals surface area contributed by atoms with Crippen LogP contribution in [-0.2, 0) is 11.2 Å². The number of rotatable bonds is 5. The van der Waals surface area contributed by atoms with E-state index < -0.39 is 4.92 Å². The molecule has 2 heterocycles. The van der Waals surface area contributed by atoms with Crippen LogP contribution in [0.5, 0.6) is 0 Å². The van der Waals surface area contributed by atoms with Crippen LogP contribution in [-0.4, -0.2) is 46.9 Å². The van der Waals surface area contributed by atoms with E-state index in [1.54, 1.807) is 34.4 Å². The van der Waals surface area contributed by atoms with Crippen LogP contribution >= 0.6 is 11.3 Å². The number of carbonyl (C=O) groups is 1. The van der Waals surface area contributed by atoms with E-state index in [0.29, 0.717) is 18.7 Å². The summed E-state index contributed by atoms with van der Waals surface area (Å²) in [5.41, 5.74) is 2.99. The molecule has 0 spiro atoms. The highest BCUT2D eigenvalue weighted by Gasteiger charge is 2.22. The number of hydrogen-bond acceptors (Lipinski definition) is 6. The number of benzene rings is 2. The molecule has 0 radical (unpaired) electrons. The first-order chi connectivity index (χ1) is 14.5. The molecule has 154 valence electrons. The molecular weight excluding hydrogens is 400 g/mol. The summed E-state index contributed by atoms with van der Waals surface area (Å²) in [6, 6.07) is 12.6. The molecule has 2 aromatic carbocycles. The Kier molecular flexibility index (Phi) is 5.76. The van der Waals surface area contributed by atoms with E-state index in [-0.39, 0.29) is 11.6 Å². The van der Waals surface area contributed by atoms with Crippen molar-refractivity contribution in [2.24, 2.45) is 0 Å². The van der Waals surface area contributed by atoms with E-state index >= 15 is 0 Å². The minimum atomic E-state index is -0.441. The Morgan fingerprint density at radius 1 is 1.20 bits per heavy atom. The summed E-state index contributed by atoms with van der Waals surface area (Å²) in [5.74, 6) is -0.0845. The molecule has 0 unspecified atom stereocenters. The van der Waals surface area contributed by atoms with Gasteiger partial charge in [0.05, 0.1) is 15.1 Å². The zero-order chi connectivity index (χ0) is 21.1. The first-order valence-electron chi connectivity index (χ1n) is 9.90. The Morgan fingerprint density at radius 2 is 1.97 bits per heavy atom. The van der Waals surface area contributed by atoms with Gasteiger partial charge in [0.25, 0.3) is 5.69 Å². The molecule has 0 saturated carbocycles. The Morgan fingerprint density at radius 3 is 2.70 bits per heavy atom. The number of aryl methyl sites for hydroxylation is 1. The van der Waals surface area contributed by atoms with Crippen molar-refractivity contribution in [1.82, 2.24) is 9.88 Å². The predicted molar refractivity (Wildman–Crippen MR) is 120 cm³/mol. The van der Waals surface area contributed by atoms with Crippen LogP contribution in [0, 0.1) is 10.1 Å². The molecule has 7 nitrogen and oxygen atoms in total. The molecule has 30 heavy (non-hydrogen) atoms. The van der Waals surface area contributed by atoms with Crippen molar-refractivity contribution in [2.45, 2.75) is 13.3 Å². The number of anilines is 1. The fourth-order valence-electron chi connectivity index (χ4n) is 3.55. The zero-order valence-electron chi connectivity index (χ0n) is 16.7. The van der Waals surface area contributed by atoms with Crippen LogP contribution in [0.15, 0.2) is 48.5 Å². The van der Waals surface area contributed by atoms with Gasteiger partial charge in [0, 0.05) is 44.4 Å². The topological polar surface area (TPSA) is 79.6 Å². The second kappa shape index (κ2) is 8.62. The highest BCUT2D eigenvalue weighted by molar-refractivity contribution is 7.22. The lowest BCUT2D eigenvalue weighted by atomic mass is 10.1. The third-order valence-corrected chi connectivity index (χ3v) is 6.31. The van der Waals surface area contributed by atoms with Gasteiger partial charge in [-0.25, -0.2) is 4.98 Å². The number of thiazole rings is 1. The van der Waals surface area contributed by atoms with Crippen molar-refractivity contribution in [3.63, 3.8) is 0 Å². The summed E-state index contributed by atoms with van der Waals surface area (Å²) < 4.78 is 1.20. The van der Waals surface area contributed by atoms with E-state index in [4.69, 9.17) is 4.98 Å². The lowest BCUT2D eigenvalue weighted by Crippen LogP contribution is -2.48. The smallest absolute Gasteiger partial charge is 0.270 e. The van der Waals surface area contributed by atoms with Gasteiger partial charge in [-0.05, 0) is 29.7 Å². The SMILES string of the molecule is CCc1cccc2sc(N3CCN(C(=O)/C=C/c4cccc([N+](=O)[O-])c4)CC3)nc12. The maximum Gasteiger partial charge on any atom is 0.270 e. The van der Waals surface area contributed by atoms with Gasteiger partial charge in [0.15, 0.2) is 5.13 Å². The minimum absolute atomic E-state index is 0.0141. The number of carbonyl (C=O) groups excluding carboxylic acids is 1. The van der Waals surface area contributed by atoms with Crippen LogP contribution in [0.4, 0.5) is 10.8 Å². The van der Waals surface area contributed by atoms with Crippen molar-refractivity contribution in [2.75, 3.05) is 31.1 Å². The maximum atomic E-state index is 12.5. The van der Waals surface area contributed by atoms with Crippen LogP contribution in [0.3, 0.4) is 0 Å². The van der Waals surface area contributed by atoms with Crippen molar-refractivity contribution in [3.05, 3.63) is 69.8 Å². The number of aromatic nitrogens is 1. The highest BCUT2D eigenvalue weighted by Crippen LogP contribution is 2.31. The van der Waals surface area contributed by atoms with Gasteiger partial charge in [-0.3, -0.25) is 14.9 Å². The summed E-state index contributed by atoms with van der Waals surface area (Å²) in [6.07, 6.45) is 4.07. The highest BCUT2D eigenvalue weighted by atomic mass is 32.1. The van der Waals surface area contributed by atoms with Gasteiger partial charge in [-0.2, -0.15) is 0 Å². The first kappa shape index (κ1) is 20.0. The molecule has 1 amide bonds. The van der Waals surface area contributed by atoms with E-state index in [2.05, 4.69) is 30.0 Å². The number of nitrogens with zero attached hydrogens (tertiary/aromatic N) is 4.